The smallest absolute Gasteiger partial charge is 0.272 e. The Bertz CT molecular complexity index is 1120. The van der Waals surface area contributed by atoms with E-state index in [2.05, 4.69) is 41.4 Å². The molecule has 1 fully saturated rings. The van der Waals surface area contributed by atoms with Crippen molar-refractivity contribution in [3.8, 4) is 11.1 Å². The van der Waals surface area contributed by atoms with Gasteiger partial charge in [-0.05, 0) is 42.0 Å². The molecular formula is C26H31N5O2. The first-order valence-electron chi connectivity index (χ1n) is 11.4. The van der Waals surface area contributed by atoms with E-state index >= 15 is 0 Å². The number of hydrogen-bond acceptors (Lipinski definition) is 4. The zero-order valence-corrected chi connectivity index (χ0v) is 19.5. The van der Waals surface area contributed by atoms with E-state index in [-0.39, 0.29) is 11.8 Å². The molecule has 0 unspecified atom stereocenters. The topological polar surface area (TPSA) is 80.1 Å². The summed E-state index contributed by atoms with van der Waals surface area (Å²) >= 11 is 0. The van der Waals surface area contributed by atoms with Crippen LogP contribution in [-0.4, -0.2) is 51.1 Å². The Morgan fingerprint density at radius 2 is 1.94 bits per heavy atom. The second-order valence-corrected chi connectivity index (χ2v) is 9.28. The van der Waals surface area contributed by atoms with Gasteiger partial charge in [-0.25, -0.2) is 0 Å². The minimum Gasteiger partial charge on any atom is -0.355 e. The molecule has 1 N–H and O–H groups in total. The maximum Gasteiger partial charge on any atom is 0.272 e. The van der Waals surface area contributed by atoms with Crippen molar-refractivity contribution in [2.45, 2.75) is 26.7 Å². The molecule has 1 atom stereocenters. The molecule has 33 heavy (non-hydrogen) atoms. The van der Waals surface area contributed by atoms with Gasteiger partial charge in [-0.3, -0.25) is 19.3 Å². The van der Waals surface area contributed by atoms with E-state index in [0.717, 1.165) is 16.7 Å². The Kier molecular flexibility index (Phi) is 6.58. The Morgan fingerprint density at radius 3 is 2.64 bits per heavy atom. The van der Waals surface area contributed by atoms with Crippen molar-refractivity contribution in [2.75, 3.05) is 19.6 Å². The second kappa shape index (κ2) is 9.57. The average Bonchev–Trinajstić information content (AvgIpc) is 3.45. The highest BCUT2D eigenvalue weighted by atomic mass is 16.2. The predicted molar refractivity (Wildman–Crippen MR) is 127 cm³/mol. The number of likely N-dealkylation sites (tertiary alicyclic amines) is 1. The van der Waals surface area contributed by atoms with Crippen LogP contribution in [0, 0.1) is 11.3 Å². The molecule has 3 aromatic rings. The number of aryl methyl sites for hydroxylation is 1. The highest BCUT2D eigenvalue weighted by Gasteiger charge is 2.46. The molecule has 1 aliphatic heterocycles. The zero-order chi connectivity index (χ0) is 23.4. The molecule has 0 spiro atoms. The van der Waals surface area contributed by atoms with E-state index < -0.39 is 5.41 Å². The number of rotatable bonds is 7. The predicted octanol–water partition coefficient (Wildman–Crippen LogP) is 3.33. The van der Waals surface area contributed by atoms with Crippen molar-refractivity contribution in [1.29, 1.82) is 0 Å². The monoisotopic (exact) mass is 445 g/mol. The summed E-state index contributed by atoms with van der Waals surface area (Å²) in [7, 11) is 1.76. The first kappa shape index (κ1) is 22.7. The van der Waals surface area contributed by atoms with Crippen LogP contribution >= 0.6 is 0 Å². The number of hydrogen-bond donors (Lipinski definition) is 1. The van der Waals surface area contributed by atoms with Crippen LogP contribution in [0.25, 0.3) is 11.1 Å². The molecule has 4 rings (SSSR count). The van der Waals surface area contributed by atoms with Gasteiger partial charge in [0, 0.05) is 50.8 Å². The van der Waals surface area contributed by atoms with Crippen LogP contribution in [0.3, 0.4) is 0 Å². The van der Waals surface area contributed by atoms with Crippen LogP contribution in [0.1, 0.15) is 36.3 Å². The minimum absolute atomic E-state index is 0.0116. The molecule has 1 aliphatic rings. The van der Waals surface area contributed by atoms with E-state index in [1.807, 2.05) is 30.5 Å². The first-order valence-corrected chi connectivity index (χ1v) is 11.4. The summed E-state index contributed by atoms with van der Waals surface area (Å²) in [5, 5.41) is 7.27. The summed E-state index contributed by atoms with van der Waals surface area (Å²) in [6, 6.07) is 13.8. The normalized spacial score (nSPS) is 18.0. The third kappa shape index (κ3) is 4.82. The Labute approximate surface area is 194 Å². The molecule has 2 amide bonds. The van der Waals surface area contributed by atoms with Gasteiger partial charge in [0.1, 0.15) is 5.69 Å². The molecule has 1 aromatic carbocycles. The van der Waals surface area contributed by atoms with Crippen LogP contribution in [-0.2, 0) is 18.3 Å². The fourth-order valence-corrected chi connectivity index (χ4v) is 4.53. The number of benzene rings is 1. The Balaban J connectivity index is 1.65. The highest BCUT2D eigenvalue weighted by Crippen LogP contribution is 2.38. The number of nitrogens with zero attached hydrogens (tertiary/aromatic N) is 4. The maximum atomic E-state index is 13.6. The number of pyridine rings is 1. The van der Waals surface area contributed by atoms with Gasteiger partial charge in [-0.2, -0.15) is 5.10 Å². The van der Waals surface area contributed by atoms with Crippen molar-refractivity contribution in [3.63, 3.8) is 0 Å². The standard InChI is InChI=1S/C26H31N5O2/c1-19(2)16-28-25(33)26(11-14-31(18-26)24(32)23-10-13-29-30(23)3)15-20-7-4-5-9-22(20)21-8-6-12-27-17-21/h4-10,12-13,17,19H,11,14-16,18H2,1-3H3,(H,28,33)/t26-/m0/s1. The van der Waals surface area contributed by atoms with Gasteiger partial charge in [-0.1, -0.05) is 44.2 Å². The summed E-state index contributed by atoms with van der Waals surface area (Å²) in [6.07, 6.45) is 6.39. The number of nitrogens with one attached hydrogen (secondary N) is 1. The van der Waals surface area contributed by atoms with Crippen molar-refractivity contribution in [3.05, 3.63) is 72.3 Å². The highest BCUT2D eigenvalue weighted by molar-refractivity contribution is 5.94. The summed E-state index contributed by atoms with van der Waals surface area (Å²) in [5.41, 5.74) is 3.01. The van der Waals surface area contributed by atoms with Crippen molar-refractivity contribution < 1.29 is 9.59 Å². The first-order chi connectivity index (χ1) is 15.9. The second-order valence-electron chi connectivity index (χ2n) is 9.28. The summed E-state index contributed by atoms with van der Waals surface area (Å²) in [5.74, 6) is 0.272. The average molecular weight is 446 g/mol. The van der Waals surface area contributed by atoms with Crippen LogP contribution in [0.2, 0.25) is 0 Å². The lowest BCUT2D eigenvalue weighted by molar-refractivity contribution is -0.130. The Hall–Kier alpha value is -3.48. The van der Waals surface area contributed by atoms with Crippen LogP contribution in [0.4, 0.5) is 0 Å². The van der Waals surface area contributed by atoms with Crippen LogP contribution in [0.15, 0.2) is 61.1 Å². The van der Waals surface area contributed by atoms with Crippen LogP contribution in [0.5, 0.6) is 0 Å². The van der Waals surface area contributed by atoms with Gasteiger partial charge in [0.25, 0.3) is 5.91 Å². The van der Waals surface area contributed by atoms with E-state index in [4.69, 9.17) is 0 Å². The summed E-state index contributed by atoms with van der Waals surface area (Å²) in [4.78, 5) is 32.8. The maximum absolute atomic E-state index is 13.6. The largest absolute Gasteiger partial charge is 0.355 e. The lowest BCUT2D eigenvalue weighted by Gasteiger charge is -2.29. The molecule has 7 heteroatoms. The molecule has 0 aliphatic carbocycles. The lowest BCUT2D eigenvalue weighted by atomic mass is 9.78. The van der Waals surface area contributed by atoms with Gasteiger partial charge in [0.15, 0.2) is 0 Å². The summed E-state index contributed by atoms with van der Waals surface area (Å²) < 4.78 is 1.58. The number of aromatic nitrogens is 3. The van der Waals surface area contributed by atoms with E-state index in [9.17, 15) is 9.59 Å². The molecule has 0 saturated carbocycles. The molecule has 0 radical (unpaired) electrons. The molecule has 172 valence electrons. The fourth-order valence-electron chi connectivity index (χ4n) is 4.53. The Morgan fingerprint density at radius 1 is 1.12 bits per heavy atom. The fraction of sp³-hybridized carbons (Fsp3) is 0.385. The van der Waals surface area contributed by atoms with Crippen molar-refractivity contribution >= 4 is 11.8 Å². The quantitative estimate of drug-likeness (QED) is 0.605. The minimum atomic E-state index is -0.693. The van der Waals surface area contributed by atoms with Crippen molar-refractivity contribution in [2.24, 2.45) is 18.4 Å². The molecule has 0 bridgehead atoms. The van der Waals surface area contributed by atoms with E-state index in [1.54, 1.807) is 35.1 Å². The molecule has 3 heterocycles. The molecule has 2 aromatic heterocycles. The number of amides is 2. The van der Waals surface area contributed by atoms with Crippen LogP contribution < -0.4 is 5.32 Å². The zero-order valence-electron chi connectivity index (χ0n) is 19.5. The third-order valence-electron chi connectivity index (χ3n) is 6.35. The molecule has 7 nitrogen and oxygen atoms in total. The number of carbonyl (C=O) groups is 2. The summed E-state index contributed by atoms with van der Waals surface area (Å²) in [6.45, 7) is 5.69. The van der Waals surface area contributed by atoms with Gasteiger partial charge in [0.05, 0.1) is 5.41 Å². The third-order valence-corrected chi connectivity index (χ3v) is 6.35. The lowest BCUT2D eigenvalue weighted by Crippen LogP contribution is -2.46. The van der Waals surface area contributed by atoms with Crippen molar-refractivity contribution in [1.82, 2.24) is 25.0 Å². The van der Waals surface area contributed by atoms with Gasteiger partial charge in [-0.15, -0.1) is 0 Å². The van der Waals surface area contributed by atoms with Gasteiger partial charge >= 0.3 is 0 Å². The molecule has 1 saturated heterocycles. The van der Waals surface area contributed by atoms with Gasteiger partial charge in [0.2, 0.25) is 5.91 Å². The van der Waals surface area contributed by atoms with E-state index in [1.165, 1.54) is 0 Å². The van der Waals surface area contributed by atoms with E-state index in [0.29, 0.717) is 44.1 Å². The van der Waals surface area contributed by atoms with Gasteiger partial charge < -0.3 is 10.2 Å². The number of carbonyl (C=O) groups excluding carboxylic acids is 2. The molecular weight excluding hydrogens is 414 g/mol. The SMILES string of the molecule is CC(C)CNC(=O)[C@]1(Cc2ccccc2-c2cccnc2)CCN(C(=O)c2ccnn2C)C1.